The standard InChI is InChI=1S/C29H22FNO/c30-22-13-10-20(11-14-22)29-28-24(16-21(17-26(28)32)18-6-2-1-3-7-18)27-23-9-5-4-8-19(23)12-15-25(27)31-29/h1-15,21,29,31H,16-17H2/t21-,29+/m1/s1. The maximum absolute atomic E-state index is 13.6. The van der Waals surface area contributed by atoms with Crippen LogP contribution in [0.3, 0.4) is 0 Å². The lowest BCUT2D eigenvalue weighted by Crippen LogP contribution is -2.29. The van der Waals surface area contributed by atoms with Gasteiger partial charge in [0, 0.05) is 23.2 Å². The fourth-order valence-electron chi connectivity index (χ4n) is 5.31. The molecule has 0 spiro atoms. The van der Waals surface area contributed by atoms with Crippen molar-refractivity contribution in [2.24, 2.45) is 0 Å². The monoisotopic (exact) mass is 419 g/mol. The van der Waals surface area contributed by atoms with E-state index in [1.54, 1.807) is 12.1 Å². The minimum Gasteiger partial charge on any atom is -0.373 e. The lowest BCUT2D eigenvalue weighted by Gasteiger charge is -2.37. The van der Waals surface area contributed by atoms with Crippen LogP contribution < -0.4 is 5.32 Å². The molecule has 0 fully saturated rings. The fraction of sp³-hybridized carbons (Fsp3) is 0.138. The minimum absolute atomic E-state index is 0.154. The zero-order valence-electron chi connectivity index (χ0n) is 17.5. The van der Waals surface area contributed by atoms with Crippen LogP contribution in [0.2, 0.25) is 0 Å². The third-order valence-corrected chi connectivity index (χ3v) is 6.80. The molecule has 2 nitrogen and oxygen atoms in total. The van der Waals surface area contributed by atoms with Crippen molar-refractivity contribution in [3.05, 3.63) is 119 Å². The molecular weight excluding hydrogens is 397 g/mol. The highest BCUT2D eigenvalue weighted by Gasteiger charge is 2.38. The molecule has 1 aliphatic heterocycles. The van der Waals surface area contributed by atoms with Crippen molar-refractivity contribution in [1.29, 1.82) is 0 Å². The second-order valence-corrected chi connectivity index (χ2v) is 8.67. The van der Waals surface area contributed by atoms with Gasteiger partial charge in [-0.3, -0.25) is 4.79 Å². The summed E-state index contributed by atoms with van der Waals surface area (Å²) in [6.07, 6.45) is 1.30. The maximum Gasteiger partial charge on any atom is 0.162 e. The Bertz CT molecular complexity index is 1370. The number of nitrogens with one attached hydrogen (secondary N) is 1. The number of allylic oxidation sites excluding steroid dienone is 1. The highest BCUT2D eigenvalue weighted by Crippen LogP contribution is 2.50. The third kappa shape index (κ3) is 3.04. The van der Waals surface area contributed by atoms with Crippen LogP contribution in [-0.2, 0) is 4.79 Å². The lowest BCUT2D eigenvalue weighted by molar-refractivity contribution is -0.116. The predicted molar refractivity (Wildman–Crippen MR) is 127 cm³/mol. The molecule has 0 amide bonds. The first kappa shape index (κ1) is 19.0. The molecule has 0 saturated carbocycles. The molecule has 0 radical (unpaired) electrons. The van der Waals surface area contributed by atoms with E-state index in [4.69, 9.17) is 0 Å². The number of ketones is 1. The van der Waals surface area contributed by atoms with Gasteiger partial charge in [-0.15, -0.1) is 0 Å². The van der Waals surface area contributed by atoms with Gasteiger partial charge in [-0.25, -0.2) is 4.39 Å². The quantitative estimate of drug-likeness (QED) is 0.377. The first-order chi connectivity index (χ1) is 15.7. The molecule has 0 bridgehead atoms. The molecule has 32 heavy (non-hydrogen) atoms. The summed E-state index contributed by atoms with van der Waals surface area (Å²) in [5, 5.41) is 5.93. The largest absolute Gasteiger partial charge is 0.373 e. The van der Waals surface area contributed by atoms with Gasteiger partial charge in [0.1, 0.15) is 5.82 Å². The number of hydrogen-bond donors (Lipinski definition) is 1. The van der Waals surface area contributed by atoms with Crippen molar-refractivity contribution >= 4 is 27.8 Å². The molecule has 0 saturated heterocycles. The minimum atomic E-state index is -0.275. The summed E-state index contributed by atoms with van der Waals surface area (Å²) in [6, 6.07) is 29.1. The van der Waals surface area contributed by atoms with Crippen molar-refractivity contribution in [2.75, 3.05) is 5.32 Å². The van der Waals surface area contributed by atoms with Gasteiger partial charge < -0.3 is 5.32 Å². The van der Waals surface area contributed by atoms with Gasteiger partial charge in [0.25, 0.3) is 0 Å². The second-order valence-electron chi connectivity index (χ2n) is 8.67. The van der Waals surface area contributed by atoms with Crippen LogP contribution in [0, 0.1) is 5.82 Å². The maximum atomic E-state index is 13.6. The average molecular weight is 419 g/mol. The van der Waals surface area contributed by atoms with Crippen LogP contribution >= 0.6 is 0 Å². The zero-order chi connectivity index (χ0) is 21.7. The van der Waals surface area contributed by atoms with Crippen LogP contribution in [0.15, 0.2) is 96.6 Å². The van der Waals surface area contributed by atoms with Gasteiger partial charge in [-0.2, -0.15) is 0 Å². The molecule has 2 aliphatic rings. The predicted octanol–water partition coefficient (Wildman–Crippen LogP) is 7.05. The molecule has 1 heterocycles. The SMILES string of the molecule is O=C1C[C@H](c2ccccc2)CC2=C1[C@H](c1ccc(F)cc1)Nc1ccc3ccccc3c12. The van der Waals surface area contributed by atoms with Gasteiger partial charge in [0.2, 0.25) is 0 Å². The number of carbonyl (C=O) groups is 1. The summed E-state index contributed by atoms with van der Waals surface area (Å²) in [6.45, 7) is 0. The van der Waals surface area contributed by atoms with Crippen molar-refractivity contribution in [3.63, 3.8) is 0 Å². The zero-order valence-corrected chi connectivity index (χ0v) is 17.5. The summed E-state index contributed by atoms with van der Waals surface area (Å²) >= 11 is 0. The van der Waals surface area contributed by atoms with Crippen LogP contribution in [0.25, 0.3) is 16.3 Å². The van der Waals surface area contributed by atoms with Gasteiger partial charge in [-0.05, 0) is 58.0 Å². The number of anilines is 1. The van der Waals surface area contributed by atoms with E-state index in [9.17, 15) is 9.18 Å². The van der Waals surface area contributed by atoms with Crippen LogP contribution in [0.1, 0.15) is 41.5 Å². The van der Waals surface area contributed by atoms with Gasteiger partial charge >= 0.3 is 0 Å². The van der Waals surface area contributed by atoms with E-state index in [-0.39, 0.29) is 23.6 Å². The van der Waals surface area contributed by atoms with E-state index in [1.807, 2.05) is 30.3 Å². The van der Waals surface area contributed by atoms with Crippen molar-refractivity contribution in [2.45, 2.75) is 24.8 Å². The van der Waals surface area contributed by atoms with Crippen molar-refractivity contribution < 1.29 is 9.18 Å². The number of fused-ring (bicyclic) bond motifs is 4. The molecule has 3 heteroatoms. The Hall–Kier alpha value is -3.72. The molecule has 1 N–H and O–H groups in total. The average Bonchev–Trinajstić information content (AvgIpc) is 2.84. The molecule has 4 aromatic carbocycles. The Morgan fingerprint density at radius 2 is 1.50 bits per heavy atom. The highest BCUT2D eigenvalue weighted by molar-refractivity contribution is 6.13. The second kappa shape index (κ2) is 7.45. The molecule has 4 aromatic rings. The number of carbonyl (C=O) groups excluding carboxylic acids is 1. The van der Waals surface area contributed by atoms with E-state index < -0.39 is 0 Å². The Balaban J connectivity index is 1.58. The fourth-order valence-corrected chi connectivity index (χ4v) is 5.31. The Kier molecular flexibility index (Phi) is 4.43. The number of Topliss-reactive ketones (excluding diaryl/α,β-unsaturated/α-hetero) is 1. The highest BCUT2D eigenvalue weighted by atomic mass is 19.1. The first-order valence-electron chi connectivity index (χ1n) is 11.0. The molecule has 2 atom stereocenters. The first-order valence-corrected chi connectivity index (χ1v) is 11.0. The van der Waals surface area contributed by atoms with E-state index in [0.29, 0.717) is 6.42 Å². The number of halogens is 1. The third-order valence-electron chi connectivity index (χ3n) is 6.80. The van der Waals surface area contributed by atoms with Gasteiger partial charge in [0.15, 0.2) is 5.78 Å². The van der Waals surface area contributed by atoms with E-state index >= 15 is 0 Å². The molecule has 156 valence electrons. The topological polar surface area (TPSA) is 29.1 Å². The summed E-state index contributed by atoms with van der Waals surface area (Å²) in [5.41, 5.74) is 6.21. The summed E-state index contributed by atoms with van der Waals surface area (Å²) in [7, 11) is 0. The van der Waals surface area contributed by atoms with Crippen LogP contribution in [0.4, 0.5) is 10.1 Å². The molecule has 0 unspecified atom stereocenters. The van der Waals surface area contributed by atoms with Gasteiger partial charge in [-0.1, -0.05) is 72.8 Å². The lowest BCUT2D eigenvalue weighted by atomic mass is 9.71. The molecule has 6 rings (SSSR count). The van der Waals surface area contributed by atoms with Crippen molar-refractivity contribution in [1.82, 2.24) is 0 Å². The van der Waals surface area contributed by atoms with E-state index in [1.165, 1.54) is 17.7 Å². The van der Waals surface area contributed by atoms with E-state index in [0.717, 1.165) is 45.2 Å². The van der Waals surface area contributed by atoms with Crippen LogP contribution in [0.5, 0.6) is 0 Å². The summed E-state index contributed by atoms with van der Waals surface area (Å²) < 4.78 is 13.6. The number of rotatable bonds is 2. The Morgan fingerprint density at radius 3 is 2.31 bits per heavy atom. The summed E-state index contributed by atoms with van der Waals surface area (Å²) in [5.74, 6) is 0.0472. The van der Waals surface area contributed by atoms with E-state index in [2.05, 4.69) is 41.7 Å². The smallest absolute Gasteiger partial charge is 0.162 e. The number of hydrogen-bond acceptors (Lipinski definition) is 2. The summed E-state index contributed by atoms with van der Waals surface area (Å²) in [4.78, 5) is 13.6. The Morgan fingerprint density at radius 1 is 0.750 bits per heavy atom. The molecule has 1 aliphatic carbocycles. The molecular formula is C29H22FNO. The molecule has 0 aromatic heterocycles. The van der Waals surface area contributed by atoms with Gasteiger partial charge in [0.05, 0.1) is 6.04 Å². The Labute approximate surface area is 186 Å². The van der Waals surface area contributed by atoms with Crippen LogP contribution in [-0.4, -0.2) is 5.78 Å². The number of benzene rings is 4. The van der Waals surface area contributed by atoms with Crippen molar-refractivity contribution in [3.8, 4) is 0 Å². The normalized spacial score (nSPS) is 20.0.